The highest BCUT2D eigenvalue weighted by atomic mass is 127. The first kappa shape index (κ1) is 9.49. The zero-order valence-corrected chi connectivity index (χ0v) is 10.3. The van der Waals surface area contributed by atoms with E-state index in [4.69, 9.17) is 0 Å². The fraction of sp³-hybridized carbons (Fsp3) is 0.700. The predicted molar refractivity (Wildman–Crippen MR) is 62.4 cm³/mol. The summed E-state index contributed by atoms with van der Waals surface area (Å²) in [6.45, 7) is 2.19. The molecule has 0 amide bonds. The zero-order valence-electron chi connectivity index (χ0n) is 8.18. The van der Waals surface area contributed by atoms with Crippen LogP contribution in [-0.2, 0) is 26.3 Å². The van der Waals surface area contributed by atoms with Gasteiger partial charge in [-0.25, -0.2) is 0 Å². The van der Waals surface area contributed by atoms with E-state index in [9.17, 15) is 0 Å². The SMILES string of the molecule is CCc1nn(C)c2c1CCC(I)C2. The fourth-order valence-electron chi connectivity index (χ4n) is 2.10. The van der Waals surface area contributed by atoms with Crippen molar-refractivity contribution < 1.29 is 0 Å². The summed E-state index contributed by atoms with van der Waals surface area (Å²) < 4.78 is 2.89. The molecule has 0 saturated carbocycles. The number of rotatable bonds is 1. The van der Waals surface area contributed by atoms with Gasteiger partial charge in [-0.3, -0.25) is 4.68 Å². The van der Waals surface area contributed by atoms with Crippen LogP contribution in [0.3, 0.4) is 0 Å². The molecule has 1 unspecified atom stereocenters. The molecule has 2 nitrogen and oxygen atoms in total. The van der Waals surface area contributed by atoms with Crippen LogP contribution in [0, 0.1) is 0 Å². The maximum absolute atomic E-state index is 4.56. The number of hydrogen-bond acceptors (Lipinski definition) is 1. The molecule has 1 atom stereocenters. The third-order valence-electron chi connectivity index (χ3n) is 2.82. The molecule has 0 N–H and O–H groups in total. The van der Waals surface area contributed by atoms with E-state index in [1.54, 1.807) is 0 Å². The molecule has 1 aliphatic carbocycles. The van der Waals surface area contributed by atoms with Crippen LogP contribution in [0.2, 0.25) is 0 Å². The molecule has 0 spiro atoms. The number of nitrogens with zero attached hydrogens (tertiary/aromatic N) is 2. The van der Waals surface area contributed by atoms with Crippen molar-refractivity contribution in [2.75, 3.05) is 0 Å². The summed E-state index contributed by atoms with van der Waals surface area (Å²) in [6.07, 6.45) is 4.85. The van der Waals surface area contributed by atoms with E-state index in [1.807, 2.05) is 0 Å². The lowest BCUT2D eigenvalue weighted by Gasteiger charge is -2.17. The van der Waals surface area contributed by atoms with E-state index in [1.165, 1.54) is 36.2 Å². The highest BCUT2D eigenvalue weighted by molar-refractivity contribution is 14.1. The fourth-order valence-corrected chi connectivity index (χ4v) is 2.83. The van der Waals surface area contributed by atoms with E-state index in [2.05, 4.69) is 46.3 Å². The van der Waals surface area contributed by atoms with Crippen LogP contribution >= 0.6 is 22.6 Å². The standard InChI is InChI=1S/C10H15IN2/c1-3-9-8-5-4-7(11)6-10(8)13(2)12-9/h7H,3-6H2,1-2H3. The Kier molecular flexibility index (Phi) is 2.62. The lowest BCUT2D eigenvalue weighted by molar-refractivity contribution is 0.648. The van der Waals surface area contributed by atoms with Gasteiger partial charge >= 0.3 is 0 Å². The third-order valence-corrected chi connectivity index (χ3v) is 3.88. The molecular formula is C10H15IN2. The number of alkyl halides is 1. The van der Waals surface area contributed by atoms with Gasteiger partial charge in [-0.1, -0.05) is 29.5 Å². The highest BCUT2D eigenvalue weighted by Gasteiger charge is 2.22. The summed E-state index contributed by atoms with van der Waals surface area (Å²) in [7, 11) is 2.08. The summed E-state index contributed by atoms with van der Waals surface area (Å²) >= 11 is 2.55. The maximum Gasteiger partial charge on any atom is 0.0656 e. The first-order valence-electron chi connectivity index (χ1n) is 4.90. The molecule has 1 aromatic rings. The minimum atomic E-state index is 0.810. The van der Waals surface area contributed by atoms with E-state index >= 15 is 0 Å². The number of aryl methyl sites for hydroxylation is 2. The van der Waals surface area contributed by atoms with Crippen molar-refractivity contribution >= 4 is 22.6 Å². The normalized spacial score (nSPS) is 21.6. The summed E-state index contributed by atoms with van der Waals surface area (Å²) in [5.74, 6) is 0. The molecule has 0 saturated heterocycles. The van der Waals surface area contributed by atoms with Gasteiger partial charge in [-0.05, 0) is 24.8 Å². The van der Waals surface area contributed by atoms with E-state index in [-0.39, 0.29) is 0 Å². The quantitative estimate of drug-likeness (QED) is 0.573. The van der Waals surface area contributed by atoms with Crippen LogP contribution in [0.1, 0.15) is 30.3 Å². The first-order chi connectivity index (χ1) is 6.22. The Morgan fingerprint density at radius 1 is 1.62 bits per heavy atom. The van der Waals surface area contributed by atoms with Crippen LogP contribution in [0.4, 0.5) is 0 Å². The second-order valence-electron chi connectivity index (χ2n) is 3.69. The third kappa shape index (κ3) is 1.63. The van der Waals surface area contributed by atoms with Gasteiger partial charge in [0.25, 0.3) is 0 Å². The van der Waals surface area contributed by atoms with Crippen LogP contribution in [0.25, 0.3) is 0 Å². The van der Waals surface area contributed by atoms with Crippen molar-refractivity contribution in [3.63, 3.8) is 0 Å². The van der Waals surface area contributed by atoms with E-state index in [0.717, 1.165) is 10.3 Å². The van der Waals surface area contributed by atoms with Crippen molar-refractivity contribution in [1.29, 1.82) is 0 Å². The number of hydrogen-bond donors (Lipinski definition) is 0. The van der Waals surface area contributed by atoms with Gasteiger partial charge in [0.2, 0.25) is 0 Å². The Hall–Kier alpha value is -0.0600. The van der Waals surface area contributed by atoms with Gasteiger partial charge < -0.3 is 0 Å². The molecule has 3 heteroatoms. The van der Waals surface area contributed by atoms with Crippen LogP contribution in [-0.4, -0.2) is 13.7 Å². The van der Waals surface area contributed by atoms with Crippen molar-refractivity contribution in [3.05, 3.63) is 17.0 Å². The van der Waals surface area contributed by atoms with Gasteiger partial charge in [0.1, 0.15) is 0 Å². The molecule has 72 valence electrons. The van der Waals surface area contributed by atoms with Crippen LogP contribution < -0.4 is 0 Å². The van der Waals surface area contributed by atoms with Crippen molar-refractivity contribution in [2.45, 2.75) is 36.5 Å². The maximum atomic E-state index is 4.56. The first-order valence-corrected chi connectivity index (χ1v) is 6.14. The minimum Gasteiger partial charge on any atom is -0.272 e. The lowest BCUT2D eigenvalue weighted by atomic mass is 9.95. The average Bonchev–Trinajstić information content (AvgIpc) is 2.43. The van der Waals surface area contributed by atoms with E-state index in [0.29, 0.717) is 0 Å². The molecule has 1 heterocycles. The Labute approximate surface area is 92.8 Å². The summed E-state index contributed by atoms with van der Waals surface area (Å²) in [4.78, 5) is 0. The van der Waals surface area contributed by atoms with Gasteiger partial charge in [0.15, 0.2) is 0 Å². The van der Waals surface area contributed by atoms with Crippen molar-refractivity contribution in [2.24, 2.45) is 7.05 Å². The van der Waals surface area contributed by atoms with Gasteiger partial charge in [-0.2, -0.15) is 5.10 Å². The number of aromatic nitrogens is 2. The molecule has 13 heavy (non-hydrogen) atoms. The van der Waals surface area contributed by atoms with Crippen LogP contribution in [0.5, 0.6) is 0 Å². The molecule has 1 aromatic heterocycles. The molecule has 1 aliphatic rings. The molecule has 0 radical (unpaired) electrons. The largest absolute Gasteiger partial charge is 0.272 e. The zero-order chi connectivity index (χ0) is 9.42. The highest BCUT2D eigenvalue weighted by Crippen LogP contribution is 2.28. The second kappa shape index (κ2) is 3.59. The number of halogens is 1. The molecule has 0 aromatic carbocycles. The lowest BCUT2D eigenvalue weighted by Crippen LogP contribution is -2.15. The molecular weight excluding hydrogens is 275 g/mol. The minimum absolute atomic E-state index is 0.810. The van der Waals surface area contributed by atoms with Gasteiger partial charge in [0, 0.05) is 23.1 Å². The smallest absolute Gasteiger partial charge is 0.0656 e. The molecule has 0 bridgehead atoms. The predicted octanol–water partition coefficient (Wildman–Crippen LogP) is 2.27. The topological polar surface area (TPSA) is 17.8 Å². The Bertz CT molecular complexity index is 317. The van der Waals surface area contributed by atoms with E-state index < -0.39 is 0 Å². The Balaban J connectivity index is 2.42. The second-order valence-corrected chi connectivity index (χ2v) is 5.45. The molecule has 2 rings (SSSR count). The van der Waals surface area contributed by atoms with Crippen LogP contribution in [0.15, 0.2) is 0 Å². The van der Waals surface area contributed by atoms with Crippen molar-refractivity contribution in [3.8, 4) is 0 Å². The summed E-state index contributed by atoms with van der Waals surface area (Å²) in [5, 5.41) is 4.56. The van der Waals surface area contributed by atoms with Gasteiger partial charge in [-0.15, -0.1) is 0 Å². The van der Waals surface area contributed by atoms with Gasteiger partial charge in [0.05, 0.1) is 5.69 Å². The Morgan fingerprint density at radius 2 is 2.38 bits per heavy atom. The summed E-state index contributed by atoms with van der Waals surface area (Å²) in [6, 6.07) is 0. The monoisotopic (exact) mass is 290 g/mol. The Morgan fingerprint density at radius 3 is 3.08 bits per heavy atom. The number of fused-ring (bicyclic) bond motifs is 1. The summed E-state index contributed by atoms with van der Waals surface area (Å²) in [5.41, 5.74) is 4.33. The average molecular weight is 290 g/mol. The molecule has 0 aliphatic heterocycles. The van der Waals surface area contributed by atoms with Crippen molar-refractivity contribution in [1.82, 2.24) is 9.78 Å². The molecule has 0 fully saturated rings.